The highest BCUT2D eigenvalue weighted by atomic mass is 16.8. The minimum Gasteiger partial charge on any atom is -0.368 e. The zero-order valence-corrected chi connectivity index (χ0v) is 19.4. The van der Waals surface area contributed by atoms with Gasteiger partial charge in [0.2, 0.25) is 5.91 Å². The Bertz CT molecular complexity index is 701. The quantitative estimate of drug-likeness (QED) is 0.241. The molecule has 5 atom stereocenters. The number of ether oxygens (including phenoxy) is 4. The number of hydrogen-bond acceptors (Lipinski definition) is 7. The van der Waals surface area contributed by atoms with E-state index in [-0.39, 0.29) is 12.5 Å². The van der Waals surface area contributed by atoms with Gasteiger partial charge in [0.25, 0.3) is 0 Å². The van der Waals surface area contributed by atoms with Crippen molar-refractivity contribution in [3.05, 3.63) is 35.9 Å². The fraction of sp³-hybridized carbons (Fsp3) is 0.708. The number of rotatable bonds is 13. The predicted octanol–water partition coefficient (Wildman–Crippen LogP) is 3.27. The number of fused-ring (bicyclic) bond motifs is 1. The van der Waals surface area contributed by atoms with Crippen LogP contribution in [0.5, 0.6) is 0 Å². The lowest BCUT2D eigenvalue weighted by molar-refractivity contribution is -0.222. The zero-order valence-electron chi connectivity index (χ0n) is 19.4. The number of unbranched alkanes of at least 4 members (excludes halogenated alkanes) is 4. The summed E-state index contributed by atoms with van der Waals surface area (Å²) in [5, 5.41) is 12.5. The van der Waals surface area contributed by atoms with Crippen molar-refractivity contribution >= 4 is 5.91 Å². The largest absolute Gasteiger partial charge is 0.368 e. The van der Waals surface area contributed by atoms with Crippen molar-refractivity contribution in [3.63, 3.8) is 0 Å². The summed E-state index contributed by atoms with van der Waals surface area (Å²) in [6.45, 7) is 7.04. The van der Waals surface area contributed by atoms with Crippen molar-refractivity contribution in [1.29, 1.82) is 0 Å². The molecule has 1 aromatic carbocycles. The van der Waals surface area contributed by atoms with Gasteiger partial charge in [-0.3, -0.25) is 10.0 Å². The number of nitrogens with one attached hydrogen (secondary N) is 2. The maximum Gasteiger partial charge on any atom is 0.245 e. The summed E-state index contributed by atoms with van der Waals surface area (Å²) >= 11 is 0. The van der Waals surface area contributed by atoms with Gasteiger partial charge in [-0.15, -0.1) is 0 Å². The molecule has 180 valence electrons. The zero-order chi connectivity index (χ0) is 23.0. The molecule has 1 aromatic rings. The van der Waals surface area contributed by atoms with E-state index in [4.69, 9.17) is 24.2 Å². The first kappa shape index (κ1) is 25.1. The summed E-state index contributed by atoms with van der Waals surface area (Å²) in [6, 6.07) is 9.56. The minimum absolute atomic E-state index is 0.0597. The average molecular weight is 451 g/mol. The second-order valence-electron chi connectivity index (χ2n) is 9.04. The van der Waals surface area contributed by atoms with Gasteiger partial charge in [0.15, 0.2) is 12.1 Å². The van der Waals surface area contributed by atoms with Crippen LogP contribution < -0.4 is 10.8 Å². The van der Waals surface area contributed by atoms with Gasteiger partial charge in [-0.25, -0.2) is 5.48 Å². The highest BCUT2D eigenvalue weighted by molar-refractivity contribution is 5.75. The summed E-state index contributed by atoms with van der Waals surface area (Å²) < 4.78 is 24.6. The molecule has 2 aliphatic heterocycles. The third kappa shape index (κ3) is 6.97. The third-order valence-corrected chi connectivity index (χ3v) is 5.93. The lowest BCUT2D eigenvalue weighted by Crippen LogP contribution is -2.50. The van der Waals surface area contributed by atoms with Gasteiger partial charge in [-0.05, 0) is 32.4 Å². The van der Waals surface area contributed by atoms with Crippen LogP contribution in [0.15, 0.2) is 30.3 Å². The molecule has 0 aliphatic carbocycles. The van der Waals surface area contributed by atoms with E-state index < -0.39 is 36.3 Å². The molecule has 3 N–H and O–H groups in total. The van der Waals surface area contributed by atoms with Gasteiger partial charge in [0.05, 0.1) is 6.61 Å². The van der Waals surface area contributed by atoms with E-state index in [1.54, 1.807) is 5.48 Å². The first-order chi connectivity index (χ1) is 15.4. The number of amides is 1. The van der Waals surface area contributed by atoms with E-state index in [0.29, 0.717) is 6.61 Å². The molecule has 0 aromatic heterocycles. The van der Waals surface area contributed by atoms with Crippen LogP contribution in [-0.2, 0) is 30.3 Å². The van der Waals surface area contributed by atoms with Crippen LogP contribution in [0.4, 0.5) is 0 Å². The molecule has 8 heteroatoms. The molecular weight excluding hydrogens is 412 g/mol. The fourth-order valence-corrected chi connectivity index (χ4v) is 4.35. The normalized spacial score (nSPS) is 27.2. The van der Waals surface area contributed by atoms with Crippen LogP contribution in [-0.4, -0.2) is 54.1 Å². The Hall–Kier alpha value is -1.55. The van der Waals surface area contributed by atoms with Gasteiger partial charge < -0.3 is 24.3 Å². The van der Waals surface area contributed by atoms with Crippen LogP contribution >= 0.6 is 0 Å². The Morgan fingerprint density at radius 3 is 2.62 bits per heavy atom. The molecule has 3 rings (SSSR count). The third-order valence-electron chi connectivity index (χ3n) is 5.93. The van der Waals surface area contributed by atoms with E-state index in [9.17, 15) is 4.79 Å². The number of benzene rings is 1. The maximum atomic E-state index is 12.0. The monoisotopic (exact) mass is 450 g/mol. The van der Waals surface area contributed by atoms with Gasteiger partial charge in [0, 0.05) is 12.5 Å². The topological polar surface area (TPSA) is 98.3 Å². The van der Waals surface area contributed by atoms with Crippen LogP contribution in [0.2, 0.25) is 0 Å². The Kier molecular flexibility index (Phi) is 9.46. The summed E-state index contributed by atoms with van der Waals surface area (Å²) in [4.78, 5) is 12.0. The summed E-state index contributed by atoms with van der Waals surface area (Å²) in [7, 11) is 0. The van der Waals surface area contributed by atoms with E-state index in [2.05, 4.69) is 12.2 Å². The number of carbonyl (C=O) groups excluding carboxylic acids is 1. The van der Waals surface area contributed by atoms with E-state index in [0.717, 1.165) is 24.9 Å². The molecule has 0 spiro atoms. The Labute approximate surface area is 190 Å². The van der Waals surface area contributed by atoms with Crippen molar-refractivity contribution in [2.24, 2.45) is 0 Å². The molecule has 0 bridgehead atoms. The Morgan fingerprint density at radius 1 is 1.16 bits per heavy atom. The molecule has 2 fully saturated rings. The van der Waals surface area contributed by atoms with E-state index in [1.165, 1.54) is 19.3 Å². The Morgan fingerprint density at radius 2 is 1.91 bits per heavy atom. The summed E-state index contributed by atoms with van der Waals surface area (Å²) in [6.07, 6.45) is 3.97. The average Bonchev–Trinajstić information content (AvgIpc) is 3.25. The van der Waals surface area contributed by atoms with Crippen molar-refractivity contribution in [3.8, 4) is 0 Å². The molecule has 0 radical (unpaired) electrons. The lowest BCUT2D eigenvalue weighted by Gasteiger charge is -2.31. The van der Waals surface area contributed by atoms with Gasteiger partial charge in [-0.1, -0.05) is 62.9 Å². The van der Waals surface area contributed by atoms with Crippen molar-refractivity contribution in [2.75, 3.05) is 6.54 Å². The maximum absolute atomic E-state index is 12.0. The van der Waals surface area contributed by atoms with Gasteiger partial charge in [0.1, 0.15) is 18.3 Å². The fourth-order valence-electron chi connectivity index (χ4n) is 4.35. The van der Waals surface area contributed by atoms with Gasteiger partial charge in [-0.2, -0.15) is 0 Å². The molecule has 2 saturated heterocycles. The molecular formula is C24H38N2O6. The minimum atomic E-state index is -0.765. The number of carbonyl (C=O) groups is 1. The molecule has 1 amide bonds. The highest BCUT2D eigenvalue weighted by Gasteiger charge is 2.57. The smallest absolute Gasteiger partial charge is 0.245 e. The Balaban J connectivity index is 1.68. The molecule has 2 aliphatic rings. The van der Waals surface area contributed by atoms with E-state index in [1.807, 2.05) is 44.2 Å². The molecule has 32 heavy (non-hydrogen) atoms. The molecule has 2 heterocycles. The van der Waals surface area contributed by atoms with E-state index >= 15 is 0 Å². The van der Waals surface area contributed by atoms with Crippen molar-refractivity contribution in [1.82, 2.24) is 10.8 Å². The molecule has 8 nitrogen and oxygen atoms in total. The summed E-state index contributed by atoms with van der Waals surface area (Å²) in [5.74, 6) is -1.24. The molecule has 1 unspecified atom stereocenters. The first-order valence-corrected chi connectivity index (χ1v) is 11.8. The SMILES string of the molecule is CCCCCCCNC(CC(=O)NO)[C@H]1O[C@@H]2OC(C)(C)O[C@@H]2[C@H]1OCc1ccccc1. The summed E-state index contributed by atoms with van der Waals surface area (Å²) in [5.41, 5.74) is 2.78. The van der Waals surface area contributed by atoms with Crippen LogP contribution in [0.25, 0.3) is 0 Å². The van der Waals surface area contributed by atoms with Gasteiger partial charge >= 0.3 is 0 Å². The van der Waals surface area contributed by atoms with Crippen LogP contribution in [0, 0.1) is 0 Å². The molecule has 0 saturated carbocycles. The number of hydrogen-bond donors (Lipinski definition) is 3. The second kappa shape index (κ2) is 12.1. The lowest BCUT2D eigenvalue weighted by atomic mass is 9.99. The van der Waals surface area contributed by atoms with Crippen molar-refractivity contribution in [2.45, 2.75) is 102 Å². The van der Waals surface area contributed by atoms with Crippen LogP contribution in [0.1, 0.15) is 64.9 Å². The number of hydroxylamine groups is 1. The van der Waals surface area contributed by atoms with Crippen LogP contribution in [0.3, 0.4) is 0 Å². The van der Waals surface area contributed by atoms with Crippen molar-refractivity contribution < 1.29 is 28.9 Å². The second-order valence-corrected chi connectivity index (χ2v) is 9.04. The highest BCUT2D eigenvalue weighted by Crippen LogP contribution is 2.40. The predicted molar refractivity (Wildman–Crippen MR) is 119 cm³/mol. The standard InChI is InChI=1S/C24H38N2O6/c1-4-5-6-7-11-14-25-18(15-19(27)26-28)20-21(29-16-17-12-9-8-10-13-17)22-23(30-20)32-24(2,3)31-22/h8-10,12-13,18,20-23,25,28H,4-7,11,14-16H2,1-3H3,(H,26,27)/t18?,20-,21+,22-,23-/m1/s1. The first-order valence-electron chi connectivity index (χ1n) is 11.8.